The maximum absolute atomic E-state index is 10.7. The second kappa shape index (κ2) is 5.26. The molecule has 0 radical (unpaired) electrons. The lowest BCUT2D eigenvalue weighted by atomic mass is 9.78. The van der Waals surface area contributed by atoms with E-state index in [1.807, 2.05) is 6.07 Å². The molecular weight excluding hydrogens is 236 g/mol. The van der Waals surface area contributed by atoms with Crippen LogP contribution >= 0.6 is 0 Å². The van der Waals surface area contributed by atoms with Crippen molar-refractivity contribution in [3.05, 3.63) is 35.4 Å². The molecule has 2 aliphatic carbocycles. The topological polar surface area (TPSA) is 29.5 Å². The zero-order valence-electron chi connectivity index (χ0n) is 11.8. The standard InChI is InChI=1S/C17H24O2/c1-19-17(10-2-3-11-17)16(18)15-9-5-8-14(12-15)13-6-4-7-13/h5,8-9,12-13,16,18H,2-4,6-7,10-11H2,1H3. The first kappa shape index (κ1) is 13.1. The number of rotatable bonds is 4. The van der Waals surface area contributed by atoms with Gasteiger partial charge in [-0.3, -0.25) is 0 Å². The van der Waals surface area contributed by atoms with Gasteiger partial charge in [-0.05, 0) is 42.7 Å². The highest BCUT2D eigenvalue weighted by molar-refractivity contribution is 5.30. The van der Waals surface area contributed by atoms with Crippen LogP contribution in [0.1, 0.15) is 68.1 Å². The Morgan fingerprint density at radius 1 is 1.21 bits per heavy atom. The fraction of sp³-hybridized carbons (Fsp3) is 0.647. The molecule has 0 aromatic heterocycles. The van der Waals surface area contributed by atoms with E-state index < -0.39 is 6.10 Å². The van der Waals surface area contributed by atoms with Crippen molar-refractivity contribution in [2.45, 2.75) is 62.6 Å². The molecule has 2 heteroatoms. The summed E-state index contributed by atoms with van der Waals surface area (Å²) in [6.45, 7) is 0. The first-order chi connectivity index (χ1) is 9.25. The van der Waals surface area contributed by atoms with E-state index in [0.29, 0.717) is 5.92 Å². The molecule has 104 valence electrons. The van der Waals surface area contributed by atoms with Crippen molar-refractivity contribution in [2.24, 2.45) is 0 Å². The minimum absolute atomic E-state index is 0.349. The van der Waals surface area contributed by atoms with Gasteiger partial charge in [-0.2, -0.15) is 0 Å². The molecule has 1 aromatic rings. The summed E-state index contributed by atoms with van der Waals surface area (Å²) >= 11 is 0. The average molecular weight is 260 g/mol. The van der Waals surface area contributed by atoms with Crippen LogP contribution in [0.25, 0.3) is 0 Å². The molecule has 2 nitrogen and oxygen atoms in total. The van der Waals surface area contributed by atoms with Crippen LogP contribution in [0.5, 0.6) is 0 Å². The normalized spacial score (nSPS) is 24.1. The van der Waals surface area contributed by atoms with Crippen molar-refractivity contribution in [1.29, 1.82) is 0 Å². The molecule has 0 spiro atoms. The quantitative estimate of drug-likeness (QED) is 0.888. The van der Waals surface area contributed by atoms with E-state index >= 15 is 0 Å². The molecule has 1 N–H and O–H groups in total. The molecular formula is C17H24O2. The minimum atomic E-state index is -0.486. The molecule has 0 heterocycles. The Labute approximate surface area is 115 Å². The van der Waals surface area contributed by atoms with Gasteiger partial charge in [0.05, 0.1) is 5.60 Å². The third-order valence-electron chi connectivity index (χ3n) is 5.16. The Hall–Kier alpha value is -0.860. The highest BCUT2D eigenvalue weighted by Gasteiger charge is 2.41. The summed E-state index contributed by atoms with van der Waals surface area (Å²) in [5.41, 5.74) is 2.08. The molecule has 2 fully saturated rings. The summed E-state index contributed by atoms with van der Waals surface area (Å²) in [6, 6.07) is 8.54. The highest BCUT2D eigenvalue weighted by Crippen LogP contribution is 2.43. The van der Waals surface area contributed by atoms with Gasteiger partial charge in [0.1, 0.15) is 6.10 Å². The zero-order valence-corrected chi connectivity index (χ0v) is 11.8. The van der Waals surface area contributed by atoms with Gasteiger partial charge in [0, 0.05) is 7.11 Å². The van der Waals surface area contributed by atoms with Gasteiger partial charge in [0.2, 0.25) is 0 Å². The molecule has 0 saturated heterocycles. The molecule has 1 aromatic carbocycles. The summed E-state index contributed by atoms with van der Waals surface area (Å²) in [6.07, 6.45) is 7.72. The van der Waals surface area contributed by atoms with Crippen LogP contribution in [0.4, 0.5) is 0 Å². The maximum Gasteiger partial charge on any atom is 0.108 e. The second-order valence-electron chi connectivity index (χ2n) is 6.18. The number of aliphatic hydroxyl groups excluding tert-OH is 1. The van der Waals surface area contributed by atoms with E-state index in [9.17, 15) is 5.11 Å². The lowest BCUT2D eigenvalue weighted by Crippen LogP contribution is -2.35. The van der Waals surface area contributed by atoms with E-state index in [0.717, 1.165) is 31.2 Å². The predicted molar refractivity (Wildman–Crippen MR) is 76.2 cm³/mol. The van der Waals surface area contributed by atoms with Crippen LogP contribution in [-0.4, -0.2) is 17.8 Å². The third kappa shape index (κ3) is 2.32. The van der Waals surface area contributed by atoms with Gasteiger partial charge in [0.25, 0.3) is 0 Å². The van der Waals surface area contributed by atoms with Crippen molar-refractivity contribution in [1.82, 2.24) is 0 Å². The van der Waals surface area contributed by atoms with Gasteiger partial charge in [0.15, 0.2) is 0 Å². The SMILES string of the molecule is COC1(C(O)c2cccc(C3CCC3)c2)CCCC1. The largest absolute Gasteiger partial charge is 0.385 e. The Morgan fingerprint density at radius 2 is 1.95 bits per heavy atom. The van der Waals surface area contributed by atoms with Gasteiger partial charge in [-0.25, -0.2) is 0 Å². The average Bonchev–Trinajstić information content (AvgIpc) is 2.86. The Bertz CT molecular complexity index is 431. The lowest BCUT2D eigenvalue weighted by molar-refractivity contribution is -0.100. The molecule has 0 amide bonds. The number of ether oxygens (including phenoxy) is 1. The van der Waals surface area contributed by atoms with Gasteiger partial charge in [-0.15, -0.1) is 0 Å². The fourth-order valence-electron chi connectivity index (χ4n) is 3.59. The second-order valence-corrected chi connectivity index (χ2v) is 6.18. The molecule has 1 unspecified atom stereocenters. The van der Waals surface area contributed by atoms with E-state index in [-0.39, 0.29) is 5.60 Å². The zero-order chi connectivity index (χ0) is 13.3. The van der Waals surface area contributed by atoms with Crippen molar-refractivity contribution in [3.63, 3.8) is 0 Å². The Morgan fingerprint density at radius 3 is 2.53 bits per heavy atom. The molecule has 3 rings (SSSR count). The smallest absolute Gasteiger partial charge is 0.108 e. The van der Waals surface area contributed by atoms with Crippen molar-refractivity contribution in [3.8, 4) is 0 Å². The lowest BCUT2D eigenvalue weighted by Gasteiger charge is -2.34. The Balaban J connectivity index is 1.84. The van der Waals surface area contributed by atoms with Crippen LogP contribution in [0.3, 0.4) is 0 Å². The molecule has 0 bridgehead atoms. The molecule has 2 aliphatic rings. The highest BCUT2D eigenvalue weighted by atomic mass is 16.5. The summed E-state index contributed by atoms with van der Waals surface area (Å²) < 4.78 is 5.71. The van der Waals surface area contributed by atoms with Crippen molar-refractivity contribution >= 4 is 0 Å². The fourth-order valence-corrected chi connectivity index (χ4v) is 3.59. The number of aliphatic hydroxyl groups is 1. The van der Waals surface area contributed by atoms with Crippen LogP contribution in [0.2, 0.25) is 0 Å². The van der Waals surface area contributed by atoms with E-state index in [1.54, 1.807) is 7.11 Å². The number of methoxy groups -OCH3 is 1. The Kier molecular flexibility index (Phi) is 3.64. The van der Waals surface area contributed by atoms with Crippen LogP contribution in [0, 0.1) is 0 Å². The van der Waals surface area contributed by atoms with Crippen molar-refractivity contribution < 1.29 is 9.84 Å². The number of hydrogen-bond donors (Lipinski definition) is 1. The van der Waals surface area contributed by atoms with Gasteiger partial charge < -0.3 is 9.84 Å². The van der Waals surface area contributed by atoms with Crippen LogP contribution in [-0.2, 0) is 4.74 Å². The molecule has 0 aliphatic heterocycles. The monoisotopic (exact) mass is 260 g/mol. The minimum Gasteiger partial charge on any atom is -0.385 e. The molecule has 19 heavy (non-hydrogen) atoms. The van der Waals surface area contributed by atoms with Gasteiger partial charge >= 0.3 is 0 Å². The molecule has 2 saturated carbocycles. The van der Waals surface area contributed by atoms with E-state index in [2.05, 4.69) is 18.2 Å². The van der Waals surface area contributed by atoms with E-state index in [1.165, 1.54) is 24.8 Å². The summed E-state index contributed by atoms with van der Waals surface area (Å²) in [5.74, 6) is 0.717. The van der Waals surface area contributed by atoms with Crippen LogP contribution < -0.4 is 0 Å². The van der Waals surface area contributed by atoms with Crippen molar-refractivity contribution in [2.75, 3.05) is 7.11 Å². The van der Waals surface area contributed by atoms with E-state index in [4.69, 9.17) is 4.74 Å². The summed E-state index contributed by atoms with van der Waals surface area (Å²) in [4.78, 5) is 0. The van der Waals surface area contributed by atoms with Crippen LogP contribution in [0.15, 0.2) is 24.3 Å². The molecule has 1 atom stereocenters. The first-order valence-corrected chi connectivity index (χ1v) is 7.58. The summed E-state index contributed by atoms with van der Waals surface area (Å²) in [5, 5.41) is 10.7. The maximum atomic E-state index is 10.7. The van der Waals surface area contributed by atoms with Gasteiger partial charge in [-0.1, -0.05) is 43.5 Å². The number of hydrogen-bond acceptors (Lipinski definition) is 2. The first-order valence-electron chi connectivity index (χ1n) is 7.58. The summed E-state index contributed by atoms with van der Waals surface area (Å²) in [7, 11) is 1.74. The third-order valence-corrected chi connectivity index (χ3v) is 5.16. The predicted octanol–water partition coefficient (Wildman–Crippen LogP) is 3.95. The number of benzene rings is 1.